The number of thiazole rings is 1. The van der Waals surface area contributed by atoms with Crippen LogP contribution in [-0.2, 0) is 19.1 Å². The van der Waals surface area contributed by atoms with Gasteiger partial charge in [0.05, 0.1) is 31.2 Å². The number of carbonyl (C=O) groups excluding carboxylic acids is 2. The minimum absolute atomic E-state index is 0.135. The Bertz CT molecular complexity index is 895. The SMILES string of the molecule is [C-]#[N+]c1c(C)nsc1N=Nc1sc(C(C(=O)OCC)C(=O)OCC)nc1C. The molecule has 0 atom stereocenters. The van der Waals surface area contributed by atoms with E-state index in [9.17, 15) is 9.59 Å². The first-order chi connectivity index (χ1) is 12.9. The summed E-state index contributed by atoms with van der Waals surface area (Å²) >= 11 is 2.12. The summed E-state index contributed by atoms with van der Waals surface area (Å²) < 4.78 is 14.0. The van der Waals surface area contributed by atoms with Gasteiger partial charge in [0.25, 0.3) is 0 Å². The number of rotatable bonds is 7. The highest BCUT2D eigenvalue weighted by Gasteiger charge is 2.35. The van der Waals surface area contributed by atoms with Gasteiger partial charge in [0.15, 0.2) is 10.0 Å². The molecule has 0 amide bonds. The van der Waals surface area contributed by atoms with E-state index in [0.717, 1.165) is 22.9 Å². The monoisotopic (exact) mass is 407 g/mol. The lowest BCUT2D eigenvalue weighted by Crippen LogP contribution is -2.26. The topological polar surface area (TPSA) is 107 Å². The number of hydrogen-bond acceptors (Lipinski definition) is 10. The summed E-state index contributed by atoms with van der Waals surface area (Å²) in [7, 11) is 0. The third kappa shape index (κ3) is 4.72. The summed E-state index contributed by atoms with van der Waals surface area (Å²) in [4.78, 5) is 32.1. The van der Waals surface area contributed by atoms with Gasteiger partial charge >= 0.3 is 11.9 Å². The zero-order chi connectivity index (χ0) is 20.0. The van der Waals surface area contributed by atoms with Gasteiger partial charge in [0, 0.05) is 0 Å². The fourth-order valence-corrected chi connectivity index (χ4v) is 3.65. The van der Waals surface area contributed by atoms with Gasteiger partial charge in [-0.15, -0.1) is 10.2 Å². The maximum Gasteiger partial charge on any atom is 0.327 e. The highest BCUT2D eigenvalue weighted by molar-refractivity contribution is 7.16. The lowest BCUT2D eigenvalue weighted by molar-refractivity contribution is -0.156. The second kappa shape index (κ2) is 9.29. The van der Waals surface area contributed by atoms with Crippen LogP contribution in [0.3, 0.4) is 0 Å². The number of aromatic nitrogens is 2. The Morgan fingerprint density at radius 3 is 2.26 bits per heavy atom. The Kier molecular flexibility index (Phi) is 7.09. The fraction of sp³-hybridized carbons (Fsp3) is 0.438. The predicted molar refractivity (Wildman–Crippen MR) is 100 cm³/mol. The van der Waals surface area contributed by atoms with E-state index in [-0.39, 0.29) is 18.2 Å². The molecule has 2 rings (SSSR count). The highest BCUT2D eigenvalue weighted by Crippen LogP contribution is 2.39. The maximum absolute atomic E-state index is 12.2. The molecule has 0 bridgehead atoms. The van der Waals surface area contributed by atoms with Crippen LogP contribution in [0, 0.1) is 20.4 Å². The molecule has 9 nitrogen and oxygen atoms in total. The Balaban J connectivity index is 2.34. The van der Waals surface area contributed by atoms with Gasteiger partial charge in [-0.3, -0.25) is 9.59 Å². The van der Waals surface area contributed by atoms with Crippen LogP contribution in [0.25, 0.3) is 4.85 Å². The van der Waals surface area contributed by atoms with Crippen molar-refractivity contribution in [2.45, 2.75) is 33.6 Å². The second-order valence-corrected chi connectivity index (χ2v) is 6.87. The third-order valence-electron chi connectivity index (χ3n) is 3.24. The molecule has 0 aliphatic rings. The van der Waals surface area contributed by atoms with Crippen molar-refractivity contribution in [2.24, 2.45) is 10.2 Å². The number of hydrogen-bond donors (Lipinski definition) is 0. The molecule has 0 spiro atoms. The van der Waals surface area contributed by atoms with Crippen LogP contribution in [-0.4, -0.2) is 34.5 Å². The molecule has 0 unspecified atom stereocenters. The van der Waals surface area contributed by atoms with E-state index in [4.69, 9.17) is 16.0 Å². The van der Waals surface area contributed by atoms with Crippen LogP contribution >= 0.6 is 22.9 Å². The first-order valence-electron chi connectivity index (χ1n) is 7.98. The van der Waals surface area contributed by atoms with Crippen molar-refractivity contribution in [1.29, 1.82) is 0 Å². The van der Waals surface area contributed by atoms with Crippen molar-refractivity contribution in [2.75, 3.05) is 13.2 Å². The molecule has 0 fully saturated rings. The third-order valence-corrected chi connectivity index (χ3v) is 5.16. The first kappa shape index (κ1) is 20.6. The average molecular weight is 407 g/mol. The molecule has 11 heteroatoms. The summed E-state index contributed by atoms with van der Waals surface area (Å²) in [5.41, 5.74) is 1.44. The van der Waals surface area contributed by atoms with Crippen molar-refractivity contribution in [3.8, 4) is 0 Å². The maximum atomic E-state index is 12.2. The van der Waals surface area contributed by atoms with E-state index < -0.39 is 17.9 Å². The first-order valence-corrected chi connectivity index (χ1v) is 9.57. The molecule has 0 aliphatic carbocycles. The number of carbonyl (C=O) groups is 2. The summed E-state index contributed by atoms with van der Waals surface area (Å²) in [6, 6.07) is 0. The van der Waals surface area contributed by atoms with E-state index in [1.54, 1.807) is 27.7 Å². The molecule has 0 saturated heterocycles. The summed E-state index contributed by atoms with van der Waals surface area (Å²) in [6.07, 6.45) is 0. The number of azo groups is 1. The van der Waals surface area contributed by atoms with Crippen molar-refractivity contribution in [3.63, 3.8) is 0 Å². The van der Waals surface area contributed by atoms with E-state index in [1.807, 2.05) is 0 Å². The van der Waals surface area contributed by atoms with Crippen LogP contribution in [0.2, 0.25) is 0 Å². The molecule has 0 radical (unpaired) electrons. The van der Waals surface area contributed by atoms with E-state index >= 15 is 0 Å². The molecular formula is C16H17N5O4S2. The number of nitrogens with zero attached hydrogens (tertiary/aromatic N) is 5. The smallest absolute Gasteiger partial charge is 0.327 e. The molecule has 2 heterocycles. The second-order valence-electron chi connectivity index (χ2n) is 5.11. The van der Waals surface area contributed by atoms with Crippen molar-refractivity contribution in [3.05, 3.63) is 27.8 Å². The summed E-state index contributed by atoms with van der Waals surface area (Å²) in [6.45, 7) is 14.2. The number of aryl methyl sites for hydroxylation is 2. The van der Waals surface area contributed by atoms with E-state index in [2.05, 4.69) is 24.4 Å². The van der Waals surface area contributed by atoms with Crippen LogP contribution in [0.5, 0.6) is 0 Å². The van der Waals surface area contributed by atoms with Gasteiger partial charge in [0.2, 0.25) is 11.6 Å². The number of ether oxygens (including phenoxy) is 2. The predicted octanol–water partition coefficient (Wildman–Crippen LogP) is 4.39. The van der Waals surface area contributed by atoms with Gasteiger partial charge in [-0.25, -0.2) is 14.2 Å². The minimum atomic E-state index is -1.26. The summed E-state index contributed by atoms with van der Waals surface area (Å²) in [5, 5.41) is 9.23. The molecule has 0 N–H and O–H groups in total. The van der Waals surface area contributed by atoms with Crippen molar-refractivity contribution in [1.82, 2.24) is 9.36 Å². The highest BCUT2D eigenvalue weighted by atomic mass is 32.1. The molecule has 2 aromatic heterocycles. The Labute approximate surface area is 164 Å². The molecule has 27 heavy (non-hydrogen) atoms. The summed E-state index contributed by atoms with van der Waals surface area (Å²) in [5.74, 6) is -2.70. The largest absolute Gasteiger partial charge is 0.465 e. The van der Waals surface area contributed by atoms with Crippen LogP contribution in [0.15, 0.2) is 10.2 Å². The molecule has 2 aromatic rings. The van der Waals surface area contributed by atoms with Crippen LogP contribution in [0.4, 0.5) is 15.7 Å². The van der Waals surface area contributed by atoms with Gasteiger partial charge in [-0.2, -0.15) is 0 Å². The number of esters is 2. The van der Waals surface area contributed by atoms with Crippen molar-refractivity contribution >= 4 is 50.5 Å². The fourth-order valence-electron chi connectivity index (χ4n) is 2.01. The normalized spacial score (nSPS) is 11.0. The van der Waals surface area contributed by atoms with Gasteiger partial charge in [0.1, 0.15) is 5.01 Å². The van der Waals surface area contributed by atoms with Crippen LogP contribution in [0.1, 0.15) is 36.2 Å². The quantitative estimate of drug-likeness (QED) is 0.291. The molecule has 0 saturated carbocycles. The van der Waals surface area contributed by atoms with Gasteiger partial charge in [-0.1, -0.05) is 11.3 Å². The standard InChI is InChI=1S/C16H17N5O4S2/c1-6-24-15(22)10(16(23)25-7-2)13-18-9(4)12(26-13)19-20-14-11(17-5)8(3)21-27-14/h10H,6-7H2,1-4H3. The molecule has 0 aromatic carbocycles. The van der Waals surface area contributed by atoms with Gasteiger partial charge in [-0.05, 0) is 39.2 Å². The van der Waals surface area contributed by atoms with Crippen molar-refractivity contribution < 1.29 is 19.1 Å². The Hall–Kier alpha value is -2.71. The zero-order valence-electron chi connectivity index (χ0n) is 15.2. The molecular weight excluding hydrogens is 390 g/mol. The Morgan fingerprint density at radius 1 is 1.11 bits per heavy atom. The van der Waals surface area contributed by atoms with E-state index in [1.165, 1.54) is 0 Å². The van der Waals surface area contributed by atoms with Gasteiger partial charge < -0.3 is 9.47 Å². The minimum Gasteiger partial charge on any atom is -0.465 e. The molecule has 142 valence electrons. The Morgan fingerprint density at radius 2 is 1.70 bits per heavy atom. The molecule has 0 aliphatic heterocycles. The average Bonchev–Trinajstić information content (AvgIpc) is 3.15. The lowest BCUT2D eigenvalue weighted by atomic mass is 10.1. The van der Waals surface area contributed by atoms with Crippen LogP contribution < -0.4 is 0 Å². The zero-order valence-corrected chi connectivity index (χ0v) is 16.8. The lowest BCUT2D eigenvalue weighted by Gasteiger charge is -2.11. The van der Waals surface area contributed by atoms with E-state index in [0.29, 0.717) is 27.1 Å².